The summed E-state index contributed by atoms with van der Waals surface area (Å²) < 4.78 is 5.82. The van der Waals surface area contributed by atoms with Gasteiger partial charge in [-0.25, -0.2) is 0 Å². The first-order valence-electron chi connectivity index (χ1n) is 7.50. The van der Waals surface area contributed by atoms with E-state index in [-0.39, 0.29) is 5.78 Å². The van der Waals surface area contributed by atoms with Gasteiger partial charge in [0.25, 0.3) is 0 Å². The average molecular weight is 275 g/mol. The van der Waals surface area contributed by atoms with Gasteiger partial charge >= 0.3 is 0 Å². The van der Waals surface area contributed by atoms with Crippen molar-refractivity contribution in [3.05, 3.63) is 28.8 Å². The lowest BCUT2D eigenvalue weighted by Crippen LogP contribution is -2.46. The largest absolute Gasteiger partial charge is 0.492 e. The Kier molecular flexibility index (Phi) is 4.81. The van der Waals surface area contributed by atoms with Crippen molar-refractivity contribution in [2.75, 3.05) is 26.2 Å². The highest BCUT2D eigenvalue weighted by molar-refractivity contribution is 5.96. The van der Waals surface area contributed by atoms with Crippen molar-refractivity contribution in [1.82, 2.24) is 4.90 Å². The predicted octanol–water partition coefficient (Wildman–Crippen LogP) is 3.09. The van der Waals surface area contributed by atoms with Gasteiger partial charge in [-0.05, 0) is 49.4 Å². The van der Waals surface area contributed by atoms with E-state index in [0.29, 0.717) is 6.61 Å². The molecule has 0 aromatic heterocycles. The molecule has 110 valence electrons. The van der Waals surface area contributed by atoms with Gasteiger partial charge in [-0.2, -0.15) is 0 Å². The molecule has 1 aromatic carbocycles. The number of rotatable bonds is 6. The number of likely N-dealkylation sites (tertiary alicyclic amines) is 1. The summed E-state index contributed by atoms with van der Waals surface area (Å²) in [5, 5.41) is 0. The standard InChI is InChI=1S/C17H25NO2/c1-5-16-13(3)8-15(9-17(16)14(4)19)20-7-6-18-10-12(2)11-18/h8-9,12H,5-7,10-11H2,1-4H3. The zero-order chi connectivity index (χ0) is 14.7. The van der Waals surface area contributed by atoms with Gasteiger partial charge < -0.3 is 4.74 Å². The Balaban J connectivity index is 1.99. The van der Waals surface area contributed by atoms with Crippen LogP contribution in [-0.2, 0) is 6.42 Å². The summed E-state index contributed by atoms with van der Waals surface area (Å²) in [6.07, 6.45) is 0.882. The second-order valence-electron chi connectivity index (χ2n) is 5.89. The van der Waals surface area contributed by atoms with Gasteiger partial charge in [0.15, 0.2) is 5.78 Å². The van der Waals surface area contributed by atoms with Crippen molar-refractivity contribution in [3.8, 4) is 5.75 Å². The molecular weight excluding hydrogens is 250 g/mol. The van der Waals surface area contributed by atoms with Crippen LogP contribution < -0.4 is 4.74 Å². The fraction of sp³-hybridized carbons (Fsp3) is 0.588. The highest BCUT2D eigenvalue weighted by Crippen LogP contribution is 2.24. The van der Waals surface area contributed by atoms with Crippen LogP contribution in [0, 0.1) is 12.8 Å². The smallest absolute Gasteiger partial charge is 0.160 e. The molecule has 1 fully saturated rings. The third-order valence-electron chi connectivity index (χ3n) is 4.00. The fourth-order valence-corrected chi connectivity index (χ4v) is 2.95. The summed E-state index contributed by atoms with van der Waals surface area (Å²) >= 11 is 0. The molecule has 0 bridgehead atoms. The first kappa shape index (κ1) is 15.0. The molecule has 0 atom stereocenters. The molecule has 0 N–H and O–H groups in total. The average Bonchev–Trinajstić information content (AvgIpc) is 2.35. The van der Waals surface area contributed by atoms with Crippen molar-refractivity contribution in [1.29, 1.82) is 0 Å². The Morgan fingerprint density at radius 3 is 2.65 bits per heavy atom. The minimum absolute atomic E-state index is 0.118. The number of Topliss-reactive ketones (excluding diaryl/α,β-unsaturated/α-hetero) is 1. The van der Waals surface area contributed by atoms with Gasteiger partial charge in [-0.1, -0.05) is 13.8 Å². The van der Waals surface area contributed by atoms with E-state index in [1.54, 1.807) is 6.92 Å². The van der Waals surface area contributed by atoms with E-state index in [1.165, 1.54) is 13.1 Å². The van der Waals surface area contributed by atoms with Crippen LogP contribution >= 0.6 is 0 Å². The minimum atomic E-state index is 0.118. The summed E-state index contributed by atoms with van der Waals surface area (Å²) in [6.45, 7) is 12.0. The number of aryl methyl sites for hydroxylation is 1. The van der Waals surface area contributed by atoms with Gasteiger partial charge in [0.2, 0.25) is 0 Å². The van der Waals surface area contributed by atoms with Crippen LogP contribution in [0.15, 0.2) is 12.1 Å². The summed E-state index contributed by atoms with van der Waals surface area (Å²) in [4.78, 5) is 14.1. The van der Waals surface area contributed by atoms with Crippen molar-refractivity contribution in [2.24, 2.45) is 5.92 Å². The molecule has 0 spiro atoms. The molecule has 1 aliphatic heterocycles. The minimum Gasteiger partial charge on any atom is -0.492 e. The third kappa shape index (κ3) is 3.40. The van der Waals surface area contributed by atoms with Crippen LogP contribution in [-0.4, -0.2) is 36.9 Å². The van der Waals surface area contributed by atoms with Crippen LogP contribution in [0.25, 0.3) is 0 Å². The topological polar surface area (TPSA) is 29.5 Å². The highest BCUT2D eigenvalue weighted by Gasteiger charge is 2.21. The quantitative estimate of drug-likeness (QED) is 0.747. The number of hydrogen-bond acceptors (Lipinski definition) is 3. The second-order valence-corrected chi connectivity index (χ2v) is 5.89. The normalized spacial score (nSPS) is 16.0. The van der Waals surface area contributed by atoms with Crippen LogP contribution in [0.1, 0.15) is 42.3 Å². The van der Waals surface area contributed by atoms with Gasteiger partial charge in [0, 0.05) is 25.2 Å². The van der Waals surface area contributed by atoms with Gasteiger partial charge in [0.1, 0.15) is 12.4 Å². The summed E-state index contributed by atoms with van der Waals surface area (Å²) in [5.74, 6) is 1.76. The number of benzene rings is 1. The number of hydrogen-bond donors (Lipinski definition) is 0. The van der Waals surface area contributed by atoms with Crippen molar-refractivity contribution in [2.45, 2.75) is 34.1 Å². The zero-order valence-electron chi connectivity index (χ0n) is 13.0. The molecule has 2 rings (SSSR count). The first-order chi connectivity index (χ1) is 9.51. The van der Waals surface area contributed by atoms with Gasteiger partial charge in [-0.15, -0.1) is 0 Å². The third-order valence-corrected chi connectivity index (χ3v) is 4.00. The molecule has 3 nitrogen and oxygen atoms in total. The van der Waals surface area contributed by atoms with E-state index < -0.39 is 0 Å². The molecule has 1 heterocycles. The van der Waals surface area contributed by atoms with Crippen LogP contribution in [0.4, 0.5) is 0 Å². The fourth-order valence-electron chi connectivity index (χ4n) is 2.95. The Hall–Kier alpha value is -1.35. The molecule has 0 unspecified atom stereocenters. The zero-order valence-corrected chi connectivity index (χ0v) is 13.0. The second kappa shape index (κ2) is 6.40. The van der Waals surface area contributed by atoms with Gasteiger partial charge in [-0.3, -0.25) is 9.69 Å². The maximum absolute atomic E-state index is 11.7. The van der Waals surface area contributed by atoms with Crippen LogP contribution in [0.2, 0.25) is 0 Å². The molecule has 1 aromatic rings. The maximum atomic E-state index is 11.7. The molecule has 20 heavy (non-hydrogen) atoms. The molecule has 1 aliphatic rings. The summed E-state index contributed by atoms with van der Waals surface area (Å²) in [7, 11) is 0. The Bertz CT molecular complexity index is 490. The molecule has 3 heteroatoms. The first-order valence-corrected chi connectivity index (χ1v) is 7.50. The molecule has 0 aliphatic carbocycles. The van der Waals surface area contributed by atoms with Gasteiger partial charge in [0.05, 0.1) is 0 Å². The van der Waals surface area contributed by atoms with Crippen LogP contribution in [0.5, 0.6) is 5.75 Å². The predicted molar refractivity (Wildman–Crippen MR) is 81.7 cm³/mol. The van der Waals surface area contributed by atoms with Crippen molar-refractivity contribution >= 4 is 5.78 Å². The lowest BCUT2D eigenvalue weighted by molar-refractivity contribution is 0.0930. The van der Waals surface area contributed by atoms with E-state index in [9.17, 15) is 4.79 Å². The highest BCUT2D eigenvalue weighted by atomic mass is 16.5. The number of ether oxygens (including phenoxy) is 1. The lowest BCUT2D eigenvalue weighted by Gasteiger charge is -2.36. The van der Waals surface area contributed by atoms with E-state index in [2.05, 4.69) is 25.7 Å². The SMILES string of the molecule is CCc1c(C)cc(OCCN2CC(C)C2)cc1C(C)=O. The molecule has 1 saturated heterocycles. The molecule has 0 saturated carbocycles. The maximum Gasteiger partial charge on any atom is 0.160 e. The Morgan fingerprint density at radius 2 is 2.10 bits per heavy atom. The van der Waals surface area contributed by atoms with Crippen molar-refractivity contribution < 1.29 is 9.53 Å². The number of carbonyl (C=O) groups is 1. The molecule has 0 amide bonds. The monoisotopic (exact) mass is 275 g/mol. The number of ketones is 1. The van der Waals surface area contributed by atoms with E-state index >= 15 is 0 Å². The number of carbonyl (C=O) groups excluding carboxylic acids is 1. The van der Waals surface area contributed by atoms with E-state index in [4.69, 9.17) is 4.74 Å². The molecule has 0 radical (unpaired) electrons. The van der Waals surface area contributed by atoms with Crippen molar-refractivity contribution in [3.63, 3.8) is 0 Å². The Labute approximate surface area is 121 Å². The lowest BCUT2D eigenvalue weighted by atomic mass is 9.97. The number of nitrogens with zero attached hydrogens (tertiary/aromatic N) is 1. The van der Waals surface area contributed by atoms with Crippen LogP contribution in [0.3, 0.4) is 0 Å². The summed E-state index contributed by atoms with van der Waals surface area (Å²) in [5.41, 5.74) is 3.09. The molecular formula is C17H25NO2. The Morgan fingerprint density at radius 1 is 1.40 bits per heavy atom. The van der Waals surface area contributed by atoms with E-state index in [0.717, 1.165) is 41.3 Å². The summed E-state index contributed by atoms with van der Waals surface area (Å²) in [6, 6.07) is 3.94. The van der Waals surface area contributed by atoms with E-state index in [1.807, 2.05) is 12.1 Å².